The summed E-state index contributed by atoms with van der Waals surface area (Å²) in [5.41, 5.74) is 5.59. The van der Waals surface area contributed by atoms with Crippen LogP contribution in [0.2, 0.25) is 5.02 Å². The van der Waals surface area contributed by atoms with Crippen LogP contribution in [0.4, 0.5) is 5.69 Å². The van der Waals surface area contributed by atoms with Gasteiger partial charge in [0.2, 0.25) is 0 Å². The molecular formula is C27H27ClN4O2. The molecule has 0 radical (unpaired) electrons. The van der Waals surface area contributed by atoms with Crippen LogP contribution >= 0.6 is 11.6 Å². The molecule has 6 nitrogen and oxygen atoms in total. The minimum atomic E-state index is -0.546. The Balaban J connectivity index is 1.82. The highest BCUT2D eigenvalue weighted by Crippen LogP contribution is 2.17. The summed E-state index contributed by atoms with van der Waals surface area (Å²) in [5.74, 6) is -0.934. The molecular weight excluding hydrogens is 448 g/mol. The molecule has 174 valence electrons. The topological polar surface area (TPSA) is 73.8 Å². The summed E-state index contributed by atoms with van der Waals surface area (Å²) in [6, 6.07) is 23.6. The lowest BCUT2D eigenvalue weighted by Gasteiger charge is -2.20. The zero-order valence-electron chi connectivity index (χ0n) is 19.2. The fourth-order valence-electron chi connectivity index (χ4n) is 3.29. The number of carbonyl (C=O) groups is 2. The predicted octanol–water partition coefficient (Wildman–Crippen LogP) is 5.11. The number of hydrogen-bond donors (Lipinski definition) is 2. The Kier molecular flexibility index (Phi) is 9.00. The van der Waals surface area contributed by atoms with Gasteiger partial charge in [-0.1, -0.05) is 54.1 Å². The lowest BCUT2D eigenvalue weighted by Crippen LogP contribution is -2.32. The average molecular weight is 475 g/mol. The molecule has 34 heavy (non-hydrogen) atoms. The van der Waals surface area contributed by atoms with Gasteiger partial charge in [-0.15, -0.1) is 0 Å². The Bertz CT molecular complexity index is 1170. The maximum atomic E-state index is 12.9. The van der Waals surface area contributed by atoms with Crippen molar-refractivity contribution in [2.75, 3.05) is 18.0 Å². The summed E-state index contributed by atoms with van der Waals surface area (Å²) in [4.78, 5) is 27.8. The van der Waals surface area contributed by atoms with Crippen LogP contribution in [0.15, 0.2) is 89.7 Å². The van der Waals surface area contributed by atoms with Crippen molar-refractivity contribution < 1.29 is 9.59 Å². The standard InChI is InChI=1S/C27H27ClN4O2/c1-3-32(4-2)24-15-13-20(14-16-24)18-25(30-26(33)22-10-6-5-7-11-22)27(34)31-29-19-21-9-8-12-23(28)17-21/h5-19H,3-4H2,1-2H3,(H,30,33)(H,31,34). The lowest BCUT2D eigenvalue weighted by atomic mass is 10.1. The van der Waals surface area contributed by atoms with Crippen LogP contribution in [-0.2, 0) is 4.79 Å². The summed E-state index contributed by atoms with van der Waals surface area (Å²) in [6.07, 6.45) is 3.11. The smallest absolute Gasteiger partial charge is 0.287 e. The van der Waals surface area contributed by atoms with Gasteiger partial charge in [-0.3, -0.25) is 9.59 Å². The van der Waals surface area contributed by atoms with Gasteiger partial charge in [0, 0.05) is 29.4 Å². The van der Waals surface area contributed by atoms with Crippen molar-refractivity contribution >= 4 is 41.4 Å². The number of amides is 2. The third-order valence-corrected chi connectivity index (χ3v) is 5.32. The minimum absolute atomic E-state index is 0.0766. The fraction of sp³-hybridized carbons (Fsp3) is 0.148. The van der Waals surface area contributed by atoms with Crippen molar-refractivity contribution in [1.82, 2.24) is 10.7 Å². The number of hydrazone groups is 1. The monoisotopic (exact) mass is 474 g/mol. The Morgan fingerprint density at radius 2 is 1.62 bits per heavy atom. The molecule has 3 rings (SSSR count). The first-order chi connectivity index (χ1) is 16.5. The normalized spacial score (nSPS) is 11.3. The number of benzene rings is 3. The van der Waals surface area contributed by atoms with Crippen LogP contribution in [0.5, 0.6) is 0 Å². The molecule has 7 heteroatoms. The maximum Gasteiger partial charge on any atom is 0.287 e. The molecule has 2 amide bonds. The van der Waals surface area contributed by atoms with Crippen molar-refractivity contribution in [2.24, 2.45) is 5.10 Å². The quantitative estimate of drug-likeness (QED) is 0.257. The van der Waals surface area contributed by atoms with E-state index in [1.54, 1.807) is 48.5 Å². The number of nitrogens with one attached hydrogen (secondary N) is 2. The molecule has 0 heterocycles. The van der Waals surface area contributed by atoms with Gasteiger partial charge in [-0.05, 0) is 67.4 Å². The molecule has 0 saturated carbocycles. The summed E-state index contributed by atoms with van der Waals surface area (Å²) in [5, 5.41) is 7.28. The molecule has 0 saturated heterocycles. The lowest BCUT2D eigenvalue weighted by molar-refractivity contribution is -0.117. The molecule has 2 N–H and O–H groups in total. The van der Waals surface area contributed by atoms with E-state index in [2.05, 4.69) is 34.6 Å². The summed E-state index contributed by atoms with van der Waals surface area (Å²) >= 11 is 5.98. The predicted molar refractivity (Wildman–Crippen MR) is 139 cm³/mol. The molecule has 0 aliphatic heterocycles. The van der Waals surface area contributed by atoms with Crippen LogP contribution in [-0.4, -0.2) is 31.1 Å². The molecule has 3 aromatic carbocycles. The molecule has 3 aromatic rings. The molecule has 0 aliphatic carbocycles. The van der Waals surface area contributed by atoms with E-state index in [0.29, 0.717) is 10.6 Å². The number of halogens is 1. The Labute approximate surface area is 204 Å². The molecule has 0 spiro atoms. The SMILES string of the molecule is CCN(CC)c1ccc(C=C(NC(=O)c2ccccc2)C(=O)NN=Cc2cccc(Cl)c2)cc1. The minimum Gasteiger partial charge on any atom is -0.372 e. The van der Waals surface area contributed by atoms with Crippen LogP contribution < -0.4 is 15.6 Å². The van der Waals surface area contributed by atoms with Gasteiger partial charge in [0.25, 0.3) is 11.8 Å². The van der Waals surface area contributed by atoms with Crippen LogP contribution in [0.25, 0.3) is 6.08 Å². The maximum absolute atomic E-state index is 12.9. The van der Waals surface area contributed by atoms with Crippen molar-refractivity contribution in [3.8, 4) is 0 Å². The largest absolute Gasteiger partial charge is 0.372 e. The van der Waals surface area contributed by atoms with E-state index < -0.39 is 5.91 Å². The Morgan fingerprint density at radius 3 is 2.26 bits per heavy atom. The zero-order valence-corrected chi connectivity index (χ0v) is 19.9. The number of carbonyl (C=O) groups excluding carboxylic acids is 2. The van der Waals surface area contributed by atoms with Gasteiger partial charge in [0.1, 0.15) is 5.70 Å². The van der Waals surface area contributed by atoms with Crippen molar-refractivity contribution in [2.45, 2.75) is 13.8 Å². The van der Waals surface area contributed by atoms with E-state index in [9.17, 15) is 9.59 Å². The number of rotatable bonds is 9. The first kappa shape index (κ1) is 24.7. The van der Waals surface area contributed by atoms with E-state index in [1.165, 1.54) is 6.21 Å². The Hall–Kier alpha value is -3.90. The van der Waals surface area contributed by atoms with Crippen LogP contribution in [0.3, 0.4) is 0 Å². The third kappa shape index (κ3) is 7.05. The molecule has 0 aliphatic rings. The van der Waals surface area contributed by atoms with Gasteiger partial charge in [-0.2, -0.15) is 5.10 Å². The second kappa shape index (κ2) is 12.4. The van der Waals surface area contributed by atoms with Crippen molar-refractivity contribution in [3.63, 3.8) is 0 Å². The molecule has 0 unspecified atom stereocenters. The van der Waals surface area contributed by atoms with Gasteiger partial charge in [0.15, 0.2) is 0 Å². The van der Waals surface area contributed by atoms with Gasteiger partial charge in [0.05, 0.1) is 6.21 Å². The second-order valence-electron chi connectivity index (χ2n) is 7.40. The highest BCUT2D eigenvalue weighted by atomic mass is 35.5. The van der Waals surface area contributed by atoms with E-state index in [1.807, 2.05) is 36.4 Å². The van der Waals surface area contributed by atoms with Crippen LogP contribution in [0, 0.1) is 0 Å². The summed E-state index contributed by atoms with van der Waals surface area (Å²) in [6.45, 7) is 6.00. The first-order valence-corrected chi connectivity index (χ1v) is 11.4. The van der Waals surface area contributed by atoms with Crippen molar-refractivity contribution in [1.29, 1.82) is 0 Å². The summed E-state index contributed by atoms with van der Waals surface area (Å²) in [7, 11) is 0. The summed E-state index contributed by atoms with van der Waals surface area (Å²) < 4.78 is 0. The highest BCUT2D eigenvalue weighted by molar-refractivity contribution is 6.30. The molecule has 0 fully saturated rings. The third-order valence-electron chi connectivity index (χ3n) is 5.09. The number of hydrogen-bond acceptors (Lipinski definition) is 4. The number of nitrogens with zero attached hydrogens (tertiary/aromatic N) is 2. The fourth-order valence-corrected chi connectivity index (χ4v) is 3.49. The first-order valence-electron chi connectivity index (χ1n) is 11.0. The second-order valence-corrected chi connectivity index (χ2v) is 7.83. The van der Waals surface area contributed by atoms with E-state index >= 15 is 0 Å². The van der Waals surface area contributed by atoms with Gasteiger partial charge >= 0.3 is 0 Å². The van der Waals surface area contributed by atoms with Gasteiger partial charge < -0.3 is 10.2 Å². The van der Waals surface area contributed by atoms with E-state index in [0.717, 1.165) is 29.9 Å². The Morgan fingerprint density at radius 1 is 0.912 bits per heavy atom. The highest BCUT2D eigenvalue weighted by Gasteiger charge is 2.14. The van der Waals surface area contributed by atoms with E-state index in [-0.39, 0.29) is 11.6 Å². The number of anilines is 1. The average Bonchev–Trinajstić information content (AvgIpc) is 2.86. The molecule has 0 bridgehead atoms. The molecule has 0 atom stereocenters. The van der Waals surface area contributed by atoms with E-state index in [4.69, 9.17) is 11.6 Å². The molecule has 0 aromatic heterocycles. The van der Waals surface area contributed by atoms with Crippen molar-refractivity contribution in [3.05, 3.63) is 106 Å². The van der Waals surface area contributed by atoms with Gasteiger partial charge in [-0.25, -0.2) is 5.43 Å². The van der Waals surface area contributed by atoms with Crippen LogP contribution in [0.1, 0.15) is 35.3 Å². The zero-order chi connectivity index (χ0) is 24.3.